The van der Waals surface area contributed by atoms with E-state index in [0.29, 0.717) is 5.56 Å². The molecule has 1 saturated heterocycles. The van der Waals surface area contributed by atoms with E-state index in [9.17, 15) is 4.79 Å². The van der Waals surface area contributed by atoms with E-state index in [2.05, 4.69) is 81.9 Å². The summed E-state index contributed by atoms with van der Waals surface area (Å²) in [6.45, 7) is 4.35. The Kier molecular flexibility index (Phi) is 7.46. The van der Waals surface area contributed by atoms with E-state index in [1.165, 1.54) is 30.5 Å². The lowest BCUT2D eigenvalue weighted by molar-refractivity contribution is 0.0938. The Morgan fingerprint density at radius 1 is 0.917 bits per heavy atom. The maximum Gasteiger partial charge on any atom is 0.251 e. The molecule has 0 radical (unpaired) electrons. The van der Waals surface area contributed by atoms with E-state index < -0.39 is 0 Å². The Bertz CT molecular complexity index is 1260. The van der Waals surface area contributed by atoms with Gasteiger partial charge in [0, 0.05) is 35.9 Å². The number of aryl methyl sites for hydroxylation is 1. The average molecular weight is 479 g/mol. The summed E-state index contributed by atoms with van der Waals surface area (Å²) in [5.41, 5.74) is 7.21. The van der Waals surface area contributed by atoms with Crippen LogP contribution in [0.5, 0.6) is 0 Å². The van der Waals surface area contributed by atoms with E-state index in [1.807, 2.05) is 30.3 Å². The first-order valence-corrected chi connectivity index (χ1v) is 13.0. The summed E-state index contributed by atoms with van der Waals surface area (Å²) in [5.74, 6) is -0.0405. The Morgan fingerprint density at radius 2 is 1.61 bits per heavy atom. The molecule has 2 heterocycles. The molecule has 0 aliphatic carbocycles. The van der Waals surface area contributed by atoms with E-state index >= 15 is 0 Å². The summed E-state index contributed by atoms with van der Waals surface area (Å²) >= 11 is 0. The largest absolute Gasteiger partial charge is 0.372 e. The van der Waals surface area contributed by atoms with E-state index in [0.717, 1.165) is 48.4 Å². The lowest BCUT2D eigenvalue weighted by atomic mass is 10.0. The van der Waals surface area contributed by atoms with Crippen molar-refractivity contribution in [1.29, 1.82) is 0 Å². The number of hydrogen-bond acceptors (Lipinski definition) is 3. The van der Waals surface area contributed by atoms with Crippen molar-refractivity contribution in [2.75, 3.05) is 18.0 Å². The summed E-state index contributed by atoms with van der Waals surface area (Å²) in [5, 5.41) is 10.8. The second kappa shape index (κ2) is 11.3. The molecule has 36 heavy (non-hydrogen) atoms. The molecular formula is C31H34N4O. The SMILES string of the molecule is C[C@H](CCc1ccccc1)NC(=O)c1ccc(-c2cc(-c3ccc(N4CCCCC4)cc3)n[nH]2)cc1. The van der Waals surface area contributed by atoms with Crippen molar-refractivity contribution in [3.8, 4) is 22.5 Å². The predicted octanol–water partition coefficient (Wildman–Crippen LogP) is 6.49. The van der Waals surface area contributed by atoms with Gasteiger partial charge in [0.15, 0.2) is 0 Å². The number of anilines is 1. The van der Waals surface area contributed by atoms with Crippen LogP contribution in [-0.2, 0) is 6.42 Å². The minimum Gasteiger partial charge on any atom is -0.372 e. The van der Waals surface area contributed by atoms with Gasteiger partial charge in [0.05, 0.1) is 11.4 Å². The average Bonchev–Trinajstić information content (AvgIpc) is 3.44. The van der Waals surface area contributed by atoms with Crippen LogP contribution in [0.4, 0.5) is 5.69 Å². The van der Waals surface area contributed by atoms with Gasteiger partial charge in [-0.2, -0.15) is 5.10 Å². The van der Waals surface area contributed by atoms with Crippen molar-refractivity contribution in [3.05, 3.63) is 96.1 Å². The predicted molar refractivity (Wildman–Crippen MR) is 147 cm³/mol. The summed E-state index contributed by atoms with van der Waals surface area (Å²) < 4.78 is 0. The standard InChI is InChI=1S/C31H34N4O/c1-23(10-11-24-8-4-2-5-9-24)32-31(36)27-14-12-25(13-15-27)29-22-30(34-33-29)26-16-18-28(19-17-26)35-20-6-3-7-21-35/h2,4-5,8-9,12-19,22-23H,3,6-7,10-11,20-21H2,1H3,(H,32,36)(H,33,34)/t23-/m1/s1. The van der Waals surface area contributed by atoms with Crippen molar-refractivity contribution in [2.45, 2.75) is 45.1 Å². The molecule has 1 aliphatic heterocycles. The molecular weight excluding hydrogens is 444 g/mol. The van der Waals surface area contributed by atoms with Crippen molar-refractivity contribution in [3.63, 3.8) is 0 Å². The van der Waals surface area contributed by atoms with E-state index in [-0.39, 0.29) is 11.9 Å². The highest BCUT2D eigenvalue weighted by molar-refractivity contribution is 5.94. The summed E-state index contributed by atoms with van der Waals surface area (Å²) in [6.07, 6.45) is 5.74. The molecule has 0 unspecified atom stereocenters. The maximum absolute atomic E-state index is 12.7. The van der Waals surface area contributed by atoms with Crippen molar-refractivity contribution >= 4 is 11.6 Å². The highest BCUT2D eigenvalue weighted by Crippen LogP contribution is 2.27. The smallest absolute Gasteiger partial charge is 0.251 e. The van der Waals surface area contributed by atoms with Gasteiger partial charge in [-0.25, -0.2) is 0 Å². The molecule has 0 saturated carbocycles. The minimum absolute atomic E-state index is 0.0405. The molecule has 3 aromatic carbocycles. The molecule has 184 valence electrons. The normalized spacial score (nSPS) is 14.4. The highest BCUT2D eigenvalue weighted by Gasteiger charge is 2.13. The third-order valence-corrected chi connectivity index (χ3v) is 7.01. The van der Waals surface area contributed by atoms with Crippen LogP contribution in [0.15, 0.2) is 84.9 Å². The van der Waals surface area contributed by atoms with Gasteiger partial charge in [-0.05, 0) is 80.5 Å². The van der Waals surface area contributed by atoms with Crippen LogP contribution in [0, 0.1) is 0 Å². The van der Waals surface area contributed by atoms with Crippen LogP contribution in [0.25, 0.3) is 22.5 Å². The number of carbonyl (C=O) groups excluding carboxylic acids is 1. The molecule has 4 aromatic rings. The van der Waals surface area contributed by atoms with Gasteiger partial charge in [-0.1, -0.05) is 54.6 Å². The topological polar surface area (TPSA) is 61.0 Å². The van der Waals surface area contributed by atoms with Crippen LogP contribution in [0.1, 0.15) is 48.5 Å². The molecule has 5 nitrogen and oxygen atoms in total. The molecule has 2 N–H and O–H groups in total. The molecule has 5 rings (SSSR count). The first-order chi connectivity index (χ1) is 17.7. The molecule has 1 aromatic heterocycles. The molecule has 0 bridgehead atoms. The molecule has 1 amide bonds. The zero-order valence-electron chi connectivity index (χ0n) is 20.9. The van der Waals surface area contributed by atoms with Crippen molar-refractivity contribution < 1.29 is 4.79 Å². The number of benzene rings is 3. The van der Waals surface area contributed by atoms with Gasteiger partial charge in [0.2, 0.25) is 0 Å². The molecule has 1 aliphatic rings. The molecule has 1 fully saturated rings. The quantitative estimate of drug-likeness (QED) is 0.304. The third kappa shape index (κ3) is 5.85. The van der Waals surface area contributed by atoms with Gasteiger partial charge >= 0.3 is 0 Å². The number of H-pyrrole nitrogens is 1. The van der Waals surface area contributed by atoms with Gasteiger partial charge in [0.25, 0.3) is 5.91 Å². The first kappa shape index (κ1) is 23.9. The van der Waals surface area contributed by atoms with Crippen LogP contribution < -0.4 is 10.2 Å². The fraction of sp³-hybridized carbons (Fsp3) is 0.290. The number of nitrogens with zero attached hydrogens (tertiary/aromatic N) is 2. The van der Waals surface area contributed by atoms with Gasteiger partial charge in [-0.3, -0.25) is 9.89 Å². The fourth-order valence-corrected chi connectivity index (χ4v) is 4.82. The second-order valence-corrected chi connectivity index (χ2v) is 9.74. The number of nitrogens with one attached hydrogen (secondary N) is 2. The zero-order chi connectivity index (χ0) is 24.7. The van der Waals surface area contributed by atoms with Crippen LogP contribution in [0.2, 0.25) is 0 Å². The summed E-state index contributed by atoms with van der Waals surface area (Å²) in [6, 6.07) is 28.9. The number of hydrogen-bond donors (Lipinski definition) is 2. The molecule has 5 heteroatoms. The van der Waals surface area contributed by atoms with Gasteiger partial charge in [0.1, 0.15) is 0 Å². The van der Waals surface area contributed by atoms with Gasteiger partial charge < -0.3 is 10.2 Å². The summed E-state index contributed by atoms with van der Waals surface area (Å²) in [4.78, 5) is 15.2. The molecule has 0 spiro atoms. The van der Waals surface area contributed by atoms with Crippen LogP contribution in [-0.4, -0.2) is 35.2 Å². The number of rotatable bonds is 8. The Balaban J connectivity index is 1.18. The highest BCUT2D eigenvalue weighted by atomic mass is 16.1. The monoisotopic (exact) mass is 478 g/mol. The second-order valence-electron chi connectivity index (χ2n) is 9.74. The lowest BCUT2D eigenvalue weighted by Gasteiger charge is -2.28. The third-order valence-electron chi connectivity index (χ3n) is 7.01. The minimum atomic E-state index is -0.0405. The molecule has 1 atom stereocenters. The number of aromatic nitrogens is 2. The first-order valence-electron chi connectivity index (χ1n) is 13.0. The van der Waals surface area contributed by atoms with E-state index in [1.54, 1.807) is 0 Å². The van der Waals surface area contributed by atoms with Crippen LogP contribution in [0.3, 0.4) is 0 Å². The van der Waals surface area contributed by atoms with Crippen molar-refractivity contribution in [2.24, 2.45) is 0 Å². The Labute approximate surface area is 213 Å². The number of aromatic amines is 1. The zero-order valence-corrected chi connectivity index (χ0v) is 20.9. The van der Waals surface area contributed by atoms with Crippen LogP contribution >= 0.6 is 0 Å². The fourth-order valence-electron chi connectivity index (χ4n) is 4.82. The van der Waals surface area contributed by atoms with Gasteiger partial charge in [-0.15, -0.1) is 0 Å². The number of piperidine rings is 1. The number of carbonyl (C=O) groups is 1. The van der Waals surface area contributed by atoms with Crippen molar-refractivity contribution in [1.82, 2.24) is 15.5 Å². The lowest BCUT2D eigenvalue weighted by Crippen LogP contribution is -2.32. The number of amides is 1. The maximum atomic E-state index is 12.7. The Hall–Kier alpha value is -3.86. The Morgan fingerprint density at radius 3 is 2.33 bits per heavy atom. The summed E-state index contributed by atoms with van der Waals surface area (Å²) in [7, 11) is 0. The van der Waals surface area contributed by atoms with E-state index in [4.69, 9.17) is 0 Å².